The molecule has 140 valence electrons. The van der Waals surface area contributed by atoms with Crippen molar-refractivity contribution in [2.45, 2.75) is 65.0 Å². The van der Waals surface area contributed by atoms with Gasteiger partial charge in [0, 0.05) is 40.5 Å². The van der Waals surface area contributed by atoms with Crippen molar-refractivity contribution in [3.05, 3.63) is 28.7 Å². The van der Waals surface area contributed by atoms with Crippen LogP contribution in [0, 0.1) is 0 Å². The fraction of sp³-hybridized carbons (Fsp3) is 0.684. The summed E-state index contributed by atoms with van der Waals surface area (Å²) in [6, 6.07) is 1.14. The lowest BCUT2D eigenvalue weighted by Crippen LogP contribution is -2.22. The molecule has 0 aromatic carbocycles. The Bertz CT molecular complexity index is 654. The molecule has 25 heavy (non-hydrogen) atoms. The summed E-state index contributed by atoms with van der Waals surface area (Å²) in [6.07, 6.45) is 3.52. The SMILES string of the molecule is CC(C)c1c2c(nn1COCC[Si](C)(C)C)CC/C(=C/N(C)C)C2=O. The van der Waals surface area contributed by atoms with E-state index in [4.69, 9.17) is 9.84 Å². The molecule has 2 rings (SSSR count). The van der Waals surface area contributed by atoms with Crippen molar-refractivity contribution < 1.29 is 9.53 Å². The minimum absolute atomic E-state index is 0.131. The van der Waals surface area contributed by atoms with Crippen molar-refractivity contribution >= 4 is 13.9 Å². The number of nitrogens with zero attached hydrogens (tertiary/aromatic N) is 3. The zero-order valence-electron chi connectivity index (χ0n) is 16.8. The highest BCUT2D eigenvalue weighted by Crippen LogP contribution is 2.31. The van der Waals surface area contributed by atoms with Crippen LogP contribution in [0.2, 0.25) is 25.7 Å². The molecule has 0 saturated carbocycles. The van der Waals surface area contributed by atoms with Crippen LogP contribution in [0.3, 0.4) is 0 Å². The molecule has 0 bridgehead atoms. The average Bonchev–Trinajstić information content (AvgIpc) is 2.84. The van der Waals surface area contributed by atoms with Gasteiger partial charge in [0.25, 0.3) is 0 Å². The Labute approximate surface area is 153 Å². The topological polar surface area (TPSA) is 47.4 Å². The molecule has 1 aromatic heterocycles. The van der Waals surface area contributed by atoms with E-state index in [1.807, 2.05) is 29.9 Å². The maximum absolute atomic E-state index is 13.0. The Morgan fingerprint density at radius 3 is 2.52 bits per heavy atom. The van der Waals surface area contributed by atoms with E-state index in [9.17, 15) is 4.79 Å². The van der Waals surface area contributed by atoms with Gasteiger partial charge in [0.15, 0.2) is 5.78 Å². The number of rotatable bonds is 7. The fourth-order valence-corrected chi connectivity index (χ4v) is 3.88. The molecular formula is C19H33N3O2Si. The molecule has 0 N–H and O–H groups in total. The fourth-order valence-electron chi connectivity index (χ4n) is 3.13. The minimum Gasteiger partial charge on any atom is -0.383 e. The first-order valence-electron chi connectivity index (χ1n) is 9.19. The van der Waals surface area contributed by atoms with Gasteiger partial charge in [-0.15, -0.1) is 0 Å². The number of allylic oxidation sites excluding steroid dienone is 1. The van der Waals surface area contributed by atoms with Crippen LogP contribution < -0.4 is 0 Å². The van der Waals surface area contributed by atoms with Crippen LogP contribution in [-0.2, 0) is 17.9 Å². The van der Waals surface area contributed by atoms with E-state index in [0.717, 1.165) is 48.0 Å². The standard InChI is InChI=1S/C19H33N3O2Si/c1-14(2)18-17-16(9-8-15(19(17)23)12-21(3)4)20-22(18)13-24-10-11-25(5,6)7/h12,14H,8-11,13H2,1-7H3/b15-12-. The Balaban J connectivity index is 2.23. The molecule has 0 fully saturated rings. The van der Waals surface area contributed by atoms with E-state index in [0.29, 0.717) is 6.73 Å². The third-order valence-electron chi connectivity index (χ3n) is 4.38. The summed E-state index contributed by atoms with van der Waals surface area (Å²) in [5.74, 6) is 0.367. The van der Waals surface area contributed by atoms with Crippen molar-refractivity contribution in [3.63, 3.8) is 0 Å². The molecule has 0 unspecified atom stereocenters. The highest BCUT2D eigenvalue weighted by atomic mass is 28.3. The number of hydrogen-bond acceptors (Lipinski definition) is 4. The van der Waals surface area contributed by atoms with Crippen LogP contribution in [0.5, 0.6) is 0 Å². The van der Waals surface area contributed by atoms with Crippen molar-refractivity contribution in [2.24, 2.45) is 0 Å². The number of aryl methyl sites for hydroxylation is 1. The number of hydrogen-bond donors (Lipinski definition) is 0. The molecule has 1 aliphatic carbocycles. The molecule has 1 aromatic rings. The number of ketones is 1. The lowest BCUT2D eigenvalue weighted by Gasteiger charge is -2.18. The van der Waals surface area contributed by atoms with E-state index in [1.54, 1.807) is 0 Å². The van der Waals surface area contributed by atoms with Crippen LogP contribution in [0.1, 0.15) is 47.9 Å². The zero-order chi connectivity index (χ0) is 18.8. The minimum atomic E-state index is -1.10. The van der Waals surface area contributed by atoms with Crippen LogP contribution in [0.15, 0.2) is 11.8 Å². The summed E-state index contributed by atoms with van der Waals surface area (Å²) < 4.78 is 7.80. The van der Waals surface area contributed by atoms with Crippen molar-refractivity contribution in [3.8, 4) is 0 Å². The van der Waals surface area contributed by atoms with E-state index < -0.39 is 8.07 Å². The van der Waals surface area contributed by atoms with E-state index >= 15 is 0 Å². The Morgan fingerprint density at radius 2 is 1.96 bits per heavy atom. The third-order valence-corrected chi connectivity index (χ3v) is 6.09. The van der Waals surface area contributed by atoms with Gasteiger partial charge in [-0.3, -0.25) is 4.79 Å². The van der Waals surface area contributed by atoms with Gasteiger partial charge in [-0.25, -0.2) is 4.68 Å². The first-order valence-corrected chi connectivity index (χ1v) is 12.9. The van der Waals surface area contributed by atoms with Gasteiger partial charge in [-0.2, -0.15) is 5.10 Å². The lowest BCUT2D eigenvalue weighted by molar-refractivity contribution is 0.0756. The van der Waals surface area contributed by atoms with Crippen LogP contribution in [0.25, 0.3) is 0 Å². The number of carbonyl (C=O) groups is 1. The number of carbonyl (C=O) groups excluding carboxylic acids is 1. The van der Waals surface area contributed by atoms with Gasteiger partial charge in [-0.05, 0) is 24.8 Å². The number of Topliss-reactive ketones (excluding diaryl/α,β-unsaturated/α-hetero) is 1. The van der Waals surface area contributed by atoms with Crippen LogP contribution in [-0.4, -0.2) is 49.2 Å². The smallest absolute Gasteiger partial charge is 0.194 e. The highest BCUT2D eigenvalue weighted by Gasteiger charge is 2.31. The second-order valence-corrected chi connectivity index (χ2v) is 14.3. The van der Waals surface area contributed by atoms with Crippen molar-refractivity contribution in [2.75, 3.05) is 20.7 Å². The molecule has 0 saturated heterocycles. The predicted octanol–water partition coefficient (Wildman–Crippen LogP) is 3.89. The predicted molar refractivity (Wildman–Crippen MR) is 105 cm³/mol. The van der Waals surface area contributed by atoms with Gasteiger partial charge in [-0.1, -0.05) is 33.5 Å². The van der Waals surface area contributed by atoms with Crippen molar-refractivity contribution in [1.29, 1.82) is 0 Å². The largest absolute Gasteiger partial charge is 0.383 e. The quantitative estimate of drug-likeness (QED) is 0.419. The molecular weight excluding hydrogens is 330 g/mol. The summed E-state index contributed by atoms with van der Waals surface area (Å²) >= 11 is 0. The normalized spacial score (nSPS) is 16.6. The Kier molecular flexibility index (Phi) is 6.27. The van der Waals surface area contributed by atoms with E-state index in [2.05, 4.69) is 33.5 Å². The second kappa shape index (κ2) is 7.87. The molecule has 1 aliphatic rings. The first-order chi connectivity index (χ1) is 11.6. The number of aromatic nitrogens is 2. The summed E-state index contributed by atoms with van der Waals surface area (Å²) in [5.41, 5.74) is 3.62. The summed E-state index contributed by atoms with van der Waals surface area (Å²) in [6.45, 7) is 12.5. The van der Waals surface area contributed by atoms with E-state index in [1.165, 1.54) is 0 Å². The second-order valence-electron chi connectivity index (χ2n) is 8.66. The van der Waals surface area contributed by atoms with Gasteiger partial charge in [0.05, 0.1) is 17.0 Å². The monoisotopic (exact) mass is 363 g/mol. The molecule has 0 spiro atoms. The van der Waals surface area contributed by atoms with Gasteiger partial charge >= 0.3 is 0 Å². The van der Waals surface area contributed by atoms with Gasteiger partial charge in [0.2, 0.25) is 0 Å². The molecule has 0 amide bonds. The molecule has 6 heteroatoms. The Morgan fingerprint density at radius 1 is 1.28 bits per heavy atom. The summed E-state index contributed by atoms with van der Waals surface area (Å²) in [7, 11) is 2.81. The van der Waals surface area contributed by atoms with Crippen LogP contribution >= 0.6 is 0 Å². The first kappa shape index (κ1) is 19.9. The highest BCUT2D eigenvalue weighted by molar-refractivity contribution is 6.76. The molecule has 0 radical (unpaired) electrons. The summed E-state index contributed by atoms with van der Waals surface area (Å²) in [5, 5.41) is 4.71. The summed E-state index contributed by atoms with van der Waals surface area (Å²) in [4.78, 5) is 14.9. The molecule has 0 aliphatic heterocycles. The zero-order valence-corrected chi connectivity index (χ0v) is 17.8. The van der Waals surface area contributed by atoms with E-state index in [-0.39, 0.29) is 11.7 Å². The lowest BCUT2D eigenvalue weighted by atomic mass is 9.88. The average molecular weight is 364 g/mol. The number of fused-ring (bicyclic) bond motifs is 1. The third kappa shape index (κ3) is 5.04. The van der Waals surface area contributed by atoms with Gasteiger partial charge < -0.3 is 9.64 Å². The van der Waals surface area contributed by atoms with Crippen molar-refractivity contribution in [1.82, 2.24) is 14.7 Å². The molecule has 0 atom stereocenters. The Hall–Kier alpha value is -1.40. The maximum Gasteiger partial charge on any atom is 0.194 e. The maximum atomic E-state index is 13.0. The molecule has 1 heterocycles. The van der Waals surface area contributed by atoms with Crippen LogP contribution in [0.4, 0.5) is 0 Å². The number of ether oxygens (including phenoxy) is 1. The van der Waals surface area contributed by atoms with Gasteiger partial charge in [0.1, 0.15) is 6.73 Å². The molecule has 5 nitrogen and oxygen atoms in total.